The summed E-state index contributed by atoms with van der Waals surface area (Å²) in [5.41, 5.74) is 12.4. The van der Waals surface area contributed by atoms with Crippen LogP contribution in [0.25, 0.3) is 22.4 Å². The first-order chi connectivity index (χ1) is 10.1. The highest BCUT2D eigenvalue weighted by Gasteiger charge is 2.23. The summed E-state index contributed by atoms with van der Waals surface area (Å²) in [6, 6.07) is 6.43. The molecular formula is C17H19N3S. The van der Waals surface area contributed by atoms with Crippen molar-refractivity contribution in [1.29, 1.82) is 0 Å². The van der Waals surface area contributed by atoms with Crippen molar-refractivity contribution in [2.75, 3.05) is 5.73 Å². The number of imidazole rings is 1. The van der Waals surface area contributed by atoms with Crippen LogP contribution in [0.2, 0.25) is 0 Å². The number of rotatable bonds is 1. The summed E-state index contributed by atoms with van der Waals surface area (Å²) in [5.74, 6) is 1.02. The Morgan fingerprint density at radius 3 is 2.90 bits per heavy atom. The predicted octanol–water partition coefficient (Wildman–Crippen LogP) is 4.07. The first kappa shape index (κ1) is 12.9. The molecule has 4 heteroatoms. The van der Waals surface area contributed by atoms with Gasteiger partial charge in [-0.25, -0.2) is 4.98 Å². The van der Waals surface area contributed by atoms with Gasteiger partial charge < -0.3 is 10.3 Å². The number of hydrogen-bond acceptors (Lipinski definition) is 3. The van der Waals surface area contributed by atoms with E-state index in [-0.39, 0.29) is 0 Å². The minimum atomic E-state index is 0.928. The molecule has 1 aliphatic carbocycles. The molecule has 0 saturated heterocycles. The number of nitrogens with two attached hydrogens (primary N) is 1. The van der Waals surface area contributed by atoms with Crippen LogP contribution in [0.5, 0.6) is 0 Å². The van der Waals surface area contributed by atoms with E-state index in [9.17, 15) is 0 Å². The number of fused-ring (bicyclic) bond motifs is 2. The van der Waals surface area contributed by atoms with Gasteiger partial charge in [0.1, 0.15) is 5.82 Å². The Balaban J connectivity index is 1.98. The van der Waals surface area contributed by atoms with Gasteiger partial charge in [0.05, 0.1) is 21.6 Å². The SMILES string of the molecule is Cc1ccc2c(c1)nc(-c1c(N)sc3c1CCCC3)n2C. The number of anilines is 1. The number of thiophene rings is 1. The molecule has 1 aromatic carbocycles. The molecule has 2 aromatic heterocycles. The largest absolute Gasteiger partial charge is 0.390 e. The van der Waals surface area contributed by atoms with E-state index in [0.29, 0.717) is 0 Å². The molecule has 0 unspecified atom stereocenters. The maximum Gasteiger partial charge on any atom is 0.144 e. The average molecular weight is 297 g/mol. The highest BCUT2D eigenvalue weighted by molar-refractivity contribution is 7.16. The lowest BCUT2D eigenvalue weighted by molar-refractivity contribution is 0.697. The highest BCUT2D eigenvalue weighted by atomic mass is 32.1. The number of benzene rings is 1. The van der Waals surface area contributed by atoms with Crippen molar-refractivity contribution in [2.24, 2.45) is 7.05 Å². The van der Waals surface area contributed by atoms with Crippen LogP contribution in [0.1, 0.15) is 28.8 Å². The second kappa shape index (κ2) is 4.60. The third-order valence-electron chi connectivity index (χ3n) is 4.46. The van der Waals surface area contributed by atoms with Gasteiger partial charge in [0.2, 0.25) is 0 Å². The number of nitrogen functional groups attached to an aromatic ring is 1. The van der Waals surface area contributed by atoms with E-state index in [4.69, 9.17) is 10.7 Å². The summed E-state index contributed by atoms with van der Waals surface area (Å²) in [4.78, 5) is 6.34. The average Bonchev–Trinajstić information content (AvgIpc) is 2.95. The fourth-order valence-corrected chi connectivity index (χ4v) is 4.52. The maximum absolute atomic E-state index is 6.34. The van der Waals surface area contributed by atoms with E-state index < -0.39 is 0 Å². The molecule has 0 bridgehead atoms. The summed E-state index contributed by atoms with van der Waals surface area (Å²) < 4.78 is 2.18. The summed E-state index contributed by atoms with van der Waals surface area (Å²) in [6.45, 7) is 2.11. The topological polar surface area (TPSA) is 43.8 Å². The molecule has 2 N–H and O–H groups in total. The van der Waals surface area contributed by atoms with Crippen LogP contribution in [0.15, 0.2) is 18.2 Å². The van der Waals surface area contributed by atoms with Gasteiger partial charge in [-0.2, -0.15) is 0 Å². The van der Waals surface area contributed by atoms with Crippen LogP contribution < -0.4 is 5.73 Å². The van der Waals surface area contributed by atoms with Crippen molar-refractivity contribution in [2.45, 2.75) is 32.6 Å². The van der Waals surface area contributed by atoms with Gasteiger partial charge in [0.15, 0.2) is 0 Å². The van der Waals surface area contributed by atoms with Crippen molar-refractivity contribution in [3.8, 4) is 11.4 Å². The van der Waals surface area contributed by atoms with Gasteiger partial charge in [0, 0.05) is 11.9 Å². The molecule has 0 fully saturated rings. The Kier molecular flexibility index (Phi) is 2.82. The Bertz CT molecular complexity index is 841. The third kappa shape index (κ3) is 1.89. The summed E-state index contributed by atoms with van der Waals surface area (Å²) >= 11 is 1.76. The number of nitrogens with zero attached hydrogens (tertiary/aromatic N) is 2. The van der Waals surface area contributed by atoms with Gasteiger partial charge >= 0.3 is 0 Å². The molecule has 108 valence electrons. The normalized spacial score (nSPS) is 14.6. The van der Waals surface area contributed by atoms with Crippen LogP contribution in [0, 0.1) is 6.92 Å². The van der Waals surface area contributed by atoms with Crippen LogP contribution in [0.4, 0.5) is 5.00 Å². The number of aromatic nitrogens is 2. The van der Waals surface area contributed by atoms with E-state index in [1.54, 1.807) is 11.3 Å². The van der Waals surface area contributed by atoms with Gasteiger partial charge in [0.25, 0.3) is 0 Å². The molecular weight excluding hydrogens is 278 g/mol. The van der Waals surface area contributed by atoms with Crippen molar-refractivity contribution in [3.05, 3.63) is 34.2 Å². The Hall–Kier alpha value is -1.81. The zero-order valence-electron chi connectivity index (χ0n) is 12.4. The van der Waals surface area contributed by atoms with Crippen molar-refractivity contribution < 1.29 is 0 Å². The lowest BCUT2D eigenvalue weighted by atomic mass is 9.95. The molecule has 0 radical (unpaired) electrons. The second-order valence-corrected chi connectivity index (χ2v) is 7.07. The standard InChI is InChI=1S/C17H19N3S/c1-10-7-8-13-12(9-10)19-17(20(13)2)15-11-5-3-4-6-14(11)21-16(15)18/h7-9H,3-6,18H2,1-2H3. The summed E-state index contributed by atoms with van der Waals surface area (Å²) in [7, 11) is 2.09. The molecule has 2 heterocycles. The molecule has 0 amide bonds. The summed E-state index contributed by atoms with van der Waals surface area (Å²) in [5, 5.41) is 0.928. The number of aryl methyl sites for hydroxylation is 3. The van der Waals surface area contributed by atoms with E-state index in [1.807, 2.05) is 0 Å². The number of hydrogen-bond donors (Lipinski definition) is 1. The fourth-order valence-electron chi connectivity index (χ4n) is 3.37. The van der Waals surface area contributed by atoms with Crippen molar-refractivity contribution in [1.82, 2.24) is 9.55 Å². The quantitative estimate of drug-likeness (QED) is 0.735. The van der Waals surface area contributed by atoms with Gasteiger partial charge in [-0.1, -0.05) is 6.07 Å². The zero-order valence-corrected chi connectivity index (χ0v) is 13.3. The molecule has 4 rings (SSSR count). The Morgan fingerprint density at radius 2 is 2.05 bits per heavy atom. The Morgan fingerprint density at radius 1 is 1.24 bits per heavy atom. The van der Waals surface area contributed by atoms with Crippen LogP contribution in [-0.2, 0) is 19.9 Å². The molecule has 0 aliphatic heterocycles. The minimum absolute atomic E-state index is 0.928. The van der Waals surface area contributed by atoms with Gasteiger partial charge in [-0.15, -0.1) is 11.3 Å². The predicted molar refractivity (Wildman–Crippen MR) is 89.8 cm³/mol. The minimum Gasteiger partial charge on any atom is -0.390 e. The molecule has 0 spiro atoms. The smallest absolute Gasteiger partial charge is 0.144 e. The first-order valence-electron chi connectivity index (χ1n) is 7.48. The van der Waals surface area contributed by atoms with E-state index in [0.717, 1.165) is 22.8 Å². The van der Waals surface area contributed by atoms with Gasteiger partial charge in [-0.05, 0) is 55.9 Å². The summed E-state index contributed by atoms with van der Waals surface area (Å²) in [6.07, 6.45) is 4.86. The molecule has 3 aromatic rings. The third-order valence-corrected chi connectivity index (χ3v) is 5.58. The second-order valence-electron chi connectivity index (χ2n) is 5.94. The zero-order chi connectivity index (χ0) is 14.6. The van der Waals surface area contributed by atoms with Gasteiger partial charge in [-0.3, -0.25) is 0 Å². The van der Waals surface area contributed by atoms with Crippen LogP contribution >= 0.6 is 11.3 Å². The monoisotopic (exact) mass is 297 g/mol. The van der Waals surface area contributed by atoms with Crippen molar-refractivity contribution >= 4 is 27.4 Å². The van der Waals surface area contributed by atoms with E-state index in [2.05, 4.69) is 36.7 Å². The molecule has 3 nitrogen and oxygen atoms in total. The van der Waals surface area contributed by atoms with E-state index in [1.165, 1.54) is 46.3 Å². The maximum atomic E-state index is 6.34. The Labute approximate surface area is 128 Å². The first-order valence-corrected chi connectivity index (χ1v) is 8.30. The highest BCUT2D eigenvalue weighted by Crippen LogP contribution is 2.42. The lowest BCUT2D eigenvalue weighted by Crippen LogP contribution is -2.02. The van der Waals surface area contributed by atoms with Crippen LogP contribution in [-0.4, -0.2) is 9.55 Å². The van der Waals surface area contributed by atoms with Crippen LogP contribution in [0.3, 0.4) is 0 Å². The fraction of sp³-hybridized carbons (Fsp3) is 0.353. The molecule has 0 saturated carbocycles. The molecule has 0 atom stereocenters. The molecule has 1 aliphatic rings. The lowest BCUT2D eigenvalue weighted by Gasteiger charge is -2.12. The van der Waals surface area contributed by atoms with Crippen molar-refractivity contribution in [3.63, 3.8) is 0 Å². The van der Waals surface area contributed by atoms with E-state index >= 15 is 0 Å². The molecule has 21 heavy (non-hydrogen) atoms.